The fourth-order valence-corrected chi connectivity index (χ4v) is 1.73. The molecule has 0 aliphatic rings. The minimum Gasteiger partial charge on any atom is -0.399 e. The normalized spacial score (nSPS) is 10.9. The summed E-state index contributed by atoms with van der Waals surface area (Å²) in [5, 5.41) is 40.8. The minimum absolute atomic E-state index is 0.257. The van der Waals surface area contributed by atoms with E-state index in [0.717, 1.165) is 0 Å². The van der Waals surface area contributed by atoms with Crippen LogP contribution in [0.15, 0.2) is 18.2 Å². The molecule has 0 aliphatic heterocycles. The second kappa shape index (κ2) is 9.06. The van der Waals surface area contributed by atoms with Gasteiger partial charge in [-0.15, -0.1) is 0 Å². The van der Waals surface area contributed by atoms with Crippen molar-refractivity contribution in [1.82, 2.24) is 0 Å². The first-order valence-corrected chi connectivity index (χ1v) is 6.90. The van der Waals surface area contributed by atoms with Crippen molar-refractivity contribution in [3.8, 4) is 0 Å². The molecule has 0 saturated heterocycles. The van der Waals surface area contributed by atoms with Gasteiger partial charge in [0.05, 0.1) is 38.3 Å². The van der Waals surface area contributed by atoms with Crippen LogP contribution in [0.5, 0.6) is 0 Å². The molecule has 0 saturated carbocycles. The van der Waals surface area contributed by atoms with Gasteiger partial charge in [-0.25, -0.2) is 0 Å². The molecule has 0 heterocycles. The molecule has 8 N–H and O–H groups in total. The second-order valence-electron chi connectivity index (χ2n) is 4.95. The maximum atomic E-state index is 11.8. The number of nitrogen functional groups attached to an aromatic ring is 1. The van der Waals surface area contributed by atoms with Gasteiger partial charge in [-0.1, -0.05) is 0 Å². The smallest absolute Gasteiger partial charge is 0.232 e. The van der Waals surface area contributed by atoms with Crippen molar-refractivity contribution in [2.24, 2.45) is 11.8 Å². The molecule has 23 heavy (non-hydrogen) atoms. The lowest BCUT2D eigenvalue weighted by atomic mass is 10.1. The average Bonchev–Trinajstić information content (AvgIpc) is 2.48. The molecule has 0 aromatic heterocycles. The molecule has 128 valence electrons. The topological polar surface area (TPSA) is 165 Å². The van der Waals surface area contributed by atoms with E-state index >= 15 is 0 Å². The standard InChI is InChI=1S/C14H21N3O6/c15-10-1-11(16-13(22)8(4-18)5-19)3-12(2-10)17-14(23)9(6-20)7-21/h1-3,8-9,18-21H,4-7,15H2,(H,16,22)(H,17,23). The van der Waals surface area contributed by atoms with Gasteiger partial charge >= 0.3 is 0 Å². The van der Waals surface area contributed by atoms with Gasteiger partial charge in [0, 0.05) is 17.1 Å². The fourth-order valence-electron chi connectivity index (χ4n) is 1.73. The molecule has 2 amide bonds. The van der Waals surface area contributed by atoms with Crippen molar-refractivity contribution in [2.45, 2.75) is 0 Å². The Hall–Kier alpha value is -2.20. The number of hydrogen-bond donors (Lipinski definition) is 7. The Morgan fingerprint density at radius 1 is 0.826 bits per heavy atom. The Balaban J connectivity index is 2.87. The van der Waals surface area contributed by atoms with Crippen LogP contribution in [0, 0.1) is 11.8 Å². The summed E-state index contributed by atoms with van der Waals surface area (Å²) in [6.45, 7) is -2.04. The Morgan fingerprint density at radius 3 is 1.48 bits per heavy atom. The molecule has 1 aromatic carbocycles. The van der Waals surface area contributed by atoms with Crippen molar-refractivity contribution < 1.29 is 30.0 Å². The van der Waals surface area contributed by atoms with Crippen molar-refractivity contribution >= 4 is 28.9 Å². The van der Waals surface area contributed by atoms with E-state index in [1.54, 1.807) is 0 Å². The highest BCUT2D eigenvalue weighted by Crippen LogP contribution is 2.21. The predicted molar refractivity (Wildman–Crippen MR) is 83.4 cm³/mol. The van der Waals surface area contributed by atoms with Crippen molar-refractivity contribution in [2.75, 3.05) is 42.8 Å². The molecule has 0 radical (unpaired) electrons. The van der Waals surface area contributed by atoms with E-state index in [-0.39, 0.29) is 17.1 Å². The number of rotatable bonds is 8. The van der Waals surface area contributed by atoms with Crippen LogP contribution in [-0.2, 0) is 9.59 Å². The molecule has 0 atom stereocenters. The SMILES string of the molecule is Nc1cc(NC(=O)C(CO)CO)cc(NC(=O)C(CO)CO)c1. The van der Waals surface area contributed by atoms with Gasteiger partial charge < -0.3 is 36.8 Å². The third-order valence-electron chi connectivity index (χ3n) is 3.11. The van der Waals surface area contributed by atoms with Crippen LogP contribution >= 0.6 is 0 Å². The lowest BCUT2D eigenvalue weighted by Gasteiger charge is -2.15. The molecule has 0 spiro atoms. The number of hydrogen-bond acceptors (Lipinski definition) is 7. The van der Waals surface area contributed by atoms with Crippen molar-refractivity contribution in [3.05, 3.63) is 18.2 Å². The summed E-state index contributed by atoms with van der Waals surface area (Å²) in [5.74, 6) is -3.13. The molecule has 0 unspecified atom stereocenters. The summed E-state index contributed by atoms with van der Waals surface area (Å²) in [6.07, 6.45) is 0. The zero-order chi connectivity index (χ0) is 17.4. The zero-order valence-electron chi connectivity index (χ0n) is 12.4. The van der Waals surface area contributed by atoms with Crippen LogP contribution in [0.3, 0.4) is 0 Å². The number of aliphatic hydroxyl groups excluding tert-OH is 4. The number of anilines is 3. The van der Waals surface area contributed by atoms with Gasteiger partial charge in [-0.05, 0) is 18.2 Å². The van der Waals surface area contributed by atoms with E-state index in [2.05, 4.69) is 10.6 Å². The van der Waals surface area contributed by atoms with Crippen LogP contribution in [0.1, 0.15) is 0 Å². The predicted octanol–water partition coefficient (Wildman–Crippen LogP) is -1.65. The number of carbonyl (C=O) groups is 2. The van der Waals surface area contributed by atoms with Crippen molar-refractivity contribution in [1.29, 1.82) is 0 Å². The molecule has 1 aromatic rings. The molecule has 0 bridgehead atoms. The van der Waals surface area contributed by atoms with Gasteiger partial charge in [0.1, 0.15) is 0 Å². The molecule has 9 nitrogen and oxygen atoms in total. The second-order valence-corrected chi connectivity index (χ2v) is 4.95. The maximum absolute atomic E-state index is 11.8. The van der Waals surface area contributed by atoms with E-state index in [1.165, 1.54) is 18.2 Å². The molecule has 0 fully saturated rings. The average molecular weight is 327 g/mol. The summed E-state index contributed by atoms with van der Waals surface area (Å²) in [4.78, 5) is 23.6. The Labute approximate surface area is 132 Å². The van der Waals surface area contributed by atoms with E-state index in [0.29, 0.717) is 0 Å². The zero-order valence-corrected chi connectivity index (χ0v) is 12.4. The van der Waals surface area contributed by atoms with E-state index in [4.69, 9.17) is 26.2 Å². The van der Waals surface area contributed by atoms with Gasteiger partial charge in [0.15, 0.2) is 0 Å². The lowest BCUT2D eigenvalue weighted by molar-refractivity contribution is -0.123. The molecular formula is C14H21N3O6. The van der Waals surface area contributed by atoms with Crippen LogP contribution in [-0.4, -0.2) is 58.7 Å². The van der Waals surface area contributed by atoms with Crippen molar-refractivity contribution in [3.63, 3.8) is 0 Å². The number of aliphatic hydroxyl groups is 4. The fraction of sp³-hybridized carbons (Fsp3) is 0.429. The highest BCUT2D eigenvalue weighted by molar-refractivity contribution is 5.96. The van der Waals surface area contributed by atoms with Crippen LogP contribution in [0.25, 0.3) is 0 Å². The first kappa shape index (κ1) is 18.8. The molecule has 9 heteroatoms. The van der Waals surface area contributed by atoms with Gasteiger partial charge in [-0.2, -0.15) is 0 Å². The number of benzene rings is 1. The highest BCUT2D eigenvalue weighted by atomic mass is 16.3. The third kappa shape index (κ3) is 5.49. The summed E-state index contributed by atoms with van der Waals surface area (Å²) >= 11 is 0. The van der Waals surface area contributed by atoms with Gasteiger partial charge in [-0.3, -0.25) is 9.59 Å². The number of carbonyl (C=O) groups excluding carboxylic acids is 2. The quantitative estimate of drug-likeness (QED) is 0.281. The number of nitrogens with one attached hydrogen (secondary N) is 2. The van der Waals surface area contributed by atoms with E-state index in [9.17, 15) is 9.59 Å². The Morgan fingerprint density at radius 2 is 1.17 bits per heavy atom. The number of nitrogens with two attached hydrogens (primary N) is 1. The maximum Gasteiger partial charge on any atom is 0.232 e. The largest absolute Gasteiger partial charge is 0.399 e. The van der Waals surface area contributed by atoms with Crippen LogP contribution in [0.2, 0.25) is 0 Å². The lowest BCUT2D eigenvalue weighted by Crippen LogP contribution is -2.29. The minimum atomic E-state index is -0.970. The Kier molecular flexibility index (Phi) is 7.42. The van der Waals surface area contributed by atoms with Gasteiger partial charge in [0.25, 0.3) is 0 Å². The first-order valence-electron chi connectivity index (χ1n) is 6.90. The van der Waals surface area contributed by atoms with Crippen LogP contribution in [0.4, 0.5) is 17.1 Å². The summed E-state index contributed by atoms with van der Waals surface area (Å²) in [6, 6.07) is 4.30. The van der Waals surface area contributed by atoms with E-state index in [1.807, 2.05) is 0 Å². The van der Waals surface area contributed by atoms with E-state index < -0.39 is 50.1 Å². The summed E-state index contributed by atoms with van der Waals surface area (Å²) in [7, 11) is 0. The number of amides is 2. The van der Waals surface area contributed by atoms with Crippen LogP contribution < -0.4 is 16.4 Å². The molecule has 1 rings (SSSR count). The molecular weight excluding hydrogens is 306 g/mol. The summed E-state index contributed by atoms with van der Waals surface area (Å²) < 4.78 is 0. The Bertz CT molecular complexity index is 499. The molecule has 0 aliphatic carbocycles. The monoisotopic (exact) mass is 327 g/mol. The summed E-state index contributed by atoms with van der Waals surface area (Å²) in [5.41, 5.74) is 6.48. The van der Waals surface area contributed by atoms with Gasteiger partial charge in [0.2, 0.25) is 11.8 Å². The highest BCUT2D eigenvalue weighted by Gasteiger charge is 2.18. The third-order valence-corrected chi connectivity index (χ3v) is 3.11. The first-order chi connectivity index (χ1) is 10.9.